The van der Waals surface area contributed by atoms with Crippen molar-refractivity contribution >= 4 is 23.3 Å². The van der Waals surface area contributed by atoms with Crippen molar-refractivity contribution < 1.29 is 4.79 Å². The molecule has 0 aliphatic heterocycles. The van der Waals surface area contributed by atoms with E-state index in [2.05, 4.69) is 15.7 Å². The molecule has 144 valence electrons. The number of amides is 2. The summed E-state index contributed by atoms with van der Waals surface area (Å²) >= 11 is 5.94. The zero-order valence-corrected chi connectivity index (χ0v) is 16.3. The minimum Gasteiger partial charge on any atom is -0.334 e. The summed E-state index contributed by atoms with van der Waals surface area (Å²) in [5.41, 5.74) is 4.53. The average Bonchev–Trinajstić information content (AvgIpc) is 3.24. The Morgan fingerprint density at radius 3 is 2.34 bits per heavy atom. The van der Waals surface area contributed by atoms with Crippen molar-refractivity contribution in [2.24, 2.45) is 0 Å². The molecule has 1 aromatic heterocycles. The highest BCUT2D eigenvalue weighted by atomic mass is 35.5. The summed E-state index contributed by atoms with van der Waals surface area (Å²) in [6.07, 6.45) is 1.90. The maximum Gasteiger partial charge on any atom is 0.319 e. The number of anilines is 1. The molecule has 0 fully saturated rings. The zero-order chi connectivity index (χ0) is 20.1. The fourth-order valence-electron chi connectivity index (χ4n) is 2.89. The predicted molar refractivity (Wildman–Crippen MR) is 116 cm³/mol. The van der Waals surface area contributed by atoms with Crippen LogP contribution in [0, 0.1) is 0 Å². The van der Waals surface area contributed by atoms with E-state index in [0.717, 1.165) is 22.5 Å². The fraction of sp³-hybridized carbons (Fsp3) is 0.0435. The van der Waals surface area contributed by atoms with Gasteiger partial charge in [-0.25, -0.2) is 9.48 Å². The molecule has 0 aliphatic carbocycles. The highest BCUT2D eigenvalue weighted by Gasteiger charge is 2.06. The molecule has 3 aromatic carbocycles. The summed E-state index contributed by atoms with van der Waals surface area (Å²) in [6, 6.07) is 26.6. The third-order valence-corrected chi connectivity index (χ3v) is 4.67. The van der Waals surface area contributed by atoms with Crippen LogP contribution in [-0.4, -0.2) is 15.8 Å². The van der Waals surface area contributed by atoms with Gasteiger partial charge in [0.2, 0.25) is 0 Å². The summed E-state index contributed by atoms with van der Waals surface area (Å²) in [5, 5.41) is 11.0. The van der Waals surface area contributed by atoms with Gasteiger partial charge in [0.05, 0.1) is 11.4 Å². The maximum atomic E-state index is 12.1. The summed E-state index contributed by atoms with van der Waals surface area (Å²) in [7, 11) is 0. The molecule has 1 heterocycles. The van der Waals surface area contributed by atoms with Gasteiger partial charge >= 0.3 is 6.03 Å². The minimum absolute atomic E-state index is 0.245. The third kappa shape index (κ3) is 4.83. The van der Waals surface area contributed by atoms with Gasteiger partial charge in [0.25, 0.3) is 0 Å². The second-order valence-corrected chi connectivity index (χ2v) is 6.93. The van der Waals surface area contributed by atoms with E-state index in [1.54, 1.807) is 4.68 Å². The molecule has 5 nitrogen and oxygen atoms in total. The fourth-order valence-corrected chi connectivity index (χ4v) is 3.02. The zero-order valence-electron chi connectivity index (χ0n) is 15.5. The van der Waals surface area contributed by atoms with Crippen molar-refractivity contribution in [3.05, 3.63) is 102 Å². The summed E-state index contributed by atoms with van der Waals surface area (Å²) in [4.78, 5) is 12.1. The Kier molecular flexibility index (Phi) is 5.59. The van der Waals surface area contributed by atoms with Crippen molar-refractivity contribution in [3.8, 4) is 16.9 Å². The van der Waals surface area contributed by atoms with Crippen LogP contribution in [0.4, 0.5) is 10.5 Å². The van der Waals surface area contributed by atoms with Crippen LogP contribution in [0.2, 0.25) is 5.02 Å². The van der Waals surface area contributed by atoms with Gasteiger partial charge in [-0.15, -0.1) is 0 Å². The van der Waals surface area contributed by atoms with E-state index in [9.17, 15) is 4.79 Å². The number of carbonyl (C=O) groups is 1. The lowest BCUT2D eigenvalue weighted by molar-refractivity contribution is 0.251. The van der Waals surface area contributed by atoms with Gasteiger partial charge in [0.15, 0.2) is 0 Å². The number of carbonyl (C=O) groups excluding carboxylic acids is 1. The van der Waals surface area contributed by atoms with Crippen molar-refractivity contribution in [1.29, 1.82) is 0 Å². The minimum atomic E-state index is -0.245. The molecule has 4 rings (SSSR count). The first kappa shape index (κ1) is 18.8. The number of hydrogen-bond acceptors (Lipinski definition) is 2. The first-order valence-corrected chi connectivity index (χ1v) is 9.56. The molecule has 0 spiro atoms. The Morgan fingerprint density at radius 2 is 1.62 bits per heavy atom. The molecule has 29 heavy (non-hydrogen) atoms. The van der Waals surface area contributed by atoms with Crippen LogP contribution < -0.4 is 10.6 Å². The highest BCUT2D eigenvalue weighted by molar-refractivity contribution is 6.30. The molecule has 4 aromatic rings. The molecular weight excluding hydrogens is 384 g/mol. The lowest BCUT2D eigenvalue weighted by Crippen LogP contribution is -2.28. The van der Waals surface area contributed by atoms with Crippen molar-refractivity contribution in [3.63, 3.8) is 0 Å². The van der Waals surface area contributed by atoms with E-state index in [-0.39, 0.29) is 6.03 Å². The number of nitrogens with one attached hydrogen (secondary N) is 2. The number of halogens is 1. The van der Waals surface area contributed by atoms with Crippen molar-refractivity contribution in [1.82, 2.24) is 15.1 Å². The average molecular weight is 403 g/mol. The summed E-state index contributed by atoms with van der Waals surface area (Å²) in [5.74, 6) is 0. The molecule has 0 aliphatic rings. The topological polar surface area (TPSA) is 59.0 Å². The third-order valence-electron chi connectivity index (χ3n) is 4.41. The van der Waals surface area contributed by atoms with Gasteiger partial charge in [-0.05, 0) is 48.0 Å². The summed E-state index contributed by atoms with van der Waals surface area (Å²) < 4.78 is 1.79. The van der Waals surface area contributed by atoms with Gasteiger partial charge < -0.3 is 10.6 Å². The van der Waals surface area contributed by atoms with Gasteiger partial charge in [-0.2, -0.15) is 5.10 Å². The second-order valence-electron chi connectivity index (χ2n) is 6.49. The molecule has 2 N–H and O–H groups in total. The van der Waals surface area contributed by atoms with Gasteiger partial charge in [-0.1, -0.05) is 54.1 Å². The number of aromatic nitrogens is 2. The SMILES string of the molecule is O=C(NCc1ccccc1)Nc1ccc(-n2ccc(-c3ccc(Cl)cc3)n2)cc1. The van der Waals surface area contributed by atoms with E-state index in [4.69, 9.17) is 11.6 Å². The van der Waals surface area contributed by atoms with E-state index >= 15 is 0 Å². The number of urea groups is 1. The first-order chi connectivity index (χ1) is 14.2. The molecule has 0 bridgehead atoms. The molecular formula is C23H19ClN4O. The largest absolute Gasteiger partial charge is 0.334 e. The van der Waals surface area contributed by atoms with Crippen molar-refractivity contribution in [2.75, 3.05) is 5.32 Å². The van der Waals surface area contributed by atoms with Crippen LogP contribution >= 0.6 is 11.6 Å². The Hall–Kier alpha value is -3.57. The number of hydrogen-bond donors (Lipinski definition) is 2. The van der Waals surface area contributed by atoms with Crippen LogP contribution in [0.15, 0.2) is 91.1 Å². The smallest absolute Gasteiger partial charge is 0.319 e. The van der Waals surface area contributed by atoms with Crippen LogP contribution in [0.5, 0.6) is 0 Å². The predicted octanol–water partition coefficient (Wildman–Crippen LogP) is 5.51. The second kappa shape index (κ2) is 8.63. The molecule has 6 heteroatoms. The lowest BCUT2D eigenvalue weighted by Gasteiger charge is -2.08. The normalized spacial score (nSPS) is 10.5. The van der Waals surface area contributed by atoms with E-state index < -0.39 is 0 Å². The van der Waals surface area contributed by atoms with Crippen LogP contribution in [0.1, 0.15) is 5.56 Å². The van der Waals surface area contributed by atoms with E-state index in [1.807, 2.05) is 91.1 Å². The highest BCUT2D eigenvalue weighted by Crippen LogP contribution is 2.21. The first-order valence-electron chi connectivity index (χ1n) is 9.18. The van der Waals surface area contributed by atoms with Gasteiger partial charge in [0, 0.05) is 29.0 Å². The van der Waals surface area contributed by atoms with Gasteiger partial charge in [0.1, 0.15) is 0 Å². The van der Waals surface area contributed by atoms with Crippen LogP contribution in [-0.2, 0) is 6.54 Å². The monoisotopic (exact) mass is 402 g/mol. The number of rotatable bonds is 5. The quantitative estimate of drug-likeness (QED) is 0.462. The van der Waals surface area contributed by atoms with Crippen LogP contribution in [0.25, 0.3) is 16.9 Å². The van der Waals surface area contributed by atoms with Crippen LogP contribution in [0.3, 0.4) is 0 Å². The number of benzene rings is 3. The molecule has 0 saturated carbocycles. The Morgan fingerprint density at radius 1 is 0.897 bits per heavy atom. The molecule has 2 amide bonds. The Balaban J connectivity index is 1.38. The molecule has 0 saturated heterocycles. The molecule has 0 radical (unpaired) electrons. The summed E-state index contributed by atoms with van der Waals surface area (Å²) in [6.45, 7) is 0.478. The van der Waals surface area contributed by atoms with Gasteiger partial charge in [-0.3, -0.25) is 0 Å². The Labute approximate surface area is 174 Å². The molecule has 0 unspecified atom stereocenters. The van der Waals surface area contributed by atoms with E-state index in [0.29, 0.717) is 17.3 Å². The lowest BCUT2D eigenvalue weighted by atomic mass is 10.2. The maximum absolute atomic E-state index is 12.1. The van der Waals surface area contributed by atoms with E-state index in [1.165, 1.54) is 0 Å². The number of nitrogens with zero attached hydrogens (tertiary/aromatic N) is 2. The Bertz CT molecular complexity index is 1090. The standard InChI is InChI=1S/C23H19ClN4O/c24-19-8-6-18(7-9-19)22-14-15-28(27-22)21-12-10-20(11-13-21)26-23(29)25-16-17-4-2-1-3-5-17/h1-15H,16H2,(H2,25,26,29). The molecule has 0 atom stereocenters. The van der Waals surface area contributed by atoms with Crippen molar-refractivity contribution in [2.45, 2.75) is 6.54 Å².